The fraction of sp³-hybridized carbons (Fsp3) is 0.143. The largest absolute Gasteiger partial charge is 0.347 e. The van der Waals surface area contributed by atoms with Gasteiger partial charge in [0.05, 0.1) is 6.61 Å². The van der Waals surface area contributed by atoms with Gasteiger partial charge in [0.1, 0.15) is 0 Å². The molecule has 1 unspecified atom stereocenters. The molecule has 1 aromatic rings. The van der Waals surface area contributed by atoms with Crippen LogP contribution in [0.1, 0.15) is 5.56 Å². The van der Waals surface area contributed by atoms with E-state index in [9.17, 15) is 4.57 Å². The molecule has 1 rings (SSSR count). The van der Waals surface area contributed by atoms with Gasteiger partial charge in [0.25, 0.3) is 0 Å². The van der Waals surface area contributed by atoms with Crippen molar-refractivity contribution in [2.45, 2.75) is 6.61 Å². The van der Waals surface area contributed by atoms with E-state index in [4.69, 9.17) is 16.9 Å². The minimum absolute atomic E-state index is 0.121. The molecule has 0 saturated carbocycles. The average molecular weight is 223 g/mol. The highest BCUT2D eigenvalue weighted by Gasteiger charge is 1.98. The summed E-state index contributed by atoms with van der Waals surface area (Å²) in [5.41, 5.74) is 0.805. The van der Waals surface area contributed by atoms with Gasteiger partial charge in [-0.1, -0.05) is 23.7 Å². The zero-order chi connectivity index (χ0) is 9.68. The molecule has 0 amide bonds. The lowest BCUT2D eigenvalue weighted by Gasteiger charge is -2.01. The van der Waals surface area contributed by atoms with Crippen LogP contribution >= 0.6 is 19.9 Å². The van der Waals surface area contributed by atoms with Crippen molar-refractivity contribution in [3.05, 3.63) is 34.9 Å². The van der Waals surface area contributed by atoms with E-state index in [2.05, 4.69) is 9.20 Å². The third-order valence-corrected chi connectivity index (χ3v) is 2.13. The Morgan fingerprint density at radius 3 is 2.54 bits per heavy atom. The SMILES string of the molecule is O=[PH](OO)OCc1ccc(Cl)cc1. The highest BCUT2D eigenvalue weighted by molar-refractivity contribution is 7.33. The van der Waals surface area contributed by atoms with Crippen LogP contribution in [0.2, 0.25) is 5.02 Å². The third kappa shape index (κ3) is 3.89. The Kier molecular flexibility index (Phi) is 4.42. The predicted molar refractivity (Wildman–Crippen MR) is 49.0 cm³/mol. The van der Waals surface area contributed by atoms with E-state index in [1.54, 1.807) is 24.3 Å². The predicted octanol–water partition coefficient (Wildman–Crippen LogP) is 2.74. The molecule has 0 aliphatic heterocycles. The van der Waals surface area contributed by atoms with Crippen LogP contribution in [0.4, 0.5) is 0 Å². The van der Waals surface area contributed by atoms with Gasteiger partial charge in [-0.05, 0) is 17.7 Å². The molecule has 0 aliphatic carbocycles. The molecular weight excluding hydrogens is 214 g/mol. The molecule has 0 aromatic heterocycles. The van der Waals surface area contributed by atoms with E-state index in [0.717, 1.165) is 5.56 Å². The zero-order valence-corrected chi connectivity index (χ0v) is 8.32. The first-order chi connectivity index (χ1) is 6.22. The number of benzene rings is 1. The molecule has 0 bridgehead atoms. The fourth-order valence-electron chi connectivity index (χ4n) is 0.749. The van der Waals surface area contributed by atoms with Crippen molar-refractivity contribution >= 4 is 19.9 Å². The normalized spacial score (nSPS) is 12.8. The molecule has 0 fully saturated rings. The van der Waals surface area contributed by atoms with Crippen LogP contribution < -0.4 is 0 Å². The Balaban J connectivity index is 2.46. The second-order valence-electron chi connectivity index (χ2n) is 2.26. The van der Waals surface area contributed by atoms with Crippen LogP contribution in [0.15, 0.2) is 24.3 Å². The molecule has 4 nitrogen and oxygen atoms in total. The van der Waals surface area contributed by atoms with Crippen molar-refractivity contribution in [2.24, 2.45) is 0 Å². The molecule has 6 heteroatoms. The summed E-state index contributed by atoms with van der Waals surface area (Å²) >= 11 is 5.64. The highest BCUT2D eigenvalue weighted by atomic mass is 35.5. The molecule has 72 valence electrons. The van der Waals surface area contributed by atoms with Crippen molar-refractivity contribution in [1.82, 2.24) is 0 Å². The van der Waals surface area contributed by atoms with Gasteiger partial charge >= 0.3 is 8.25 Å². The molecular formula is C7H8ClO4P. The topological polar surface area (TPSA) is 55.8 Å². The van der Waals surface area contributed by atoms with Crippen molar-refractivity contribution in [2.75, 3.05) is 0 Å². The number of hydrogen-bond acceptors (Lipinski definition) is 4. The molecule has 0 radical (unpaired) electrons. The second-order valence-corrected chi connectivity index (χ2v) is 3.66. The summed E-state index contributed by atoms with van der Waals surface area (Å²) in [6.07, 6.45) is 0. The second kappa shape index (κ2) is 5.37. The van der Waals surface area contributed by atoms with E-state index in [1.165, 1.54) is 0 Å². The molecule has 0 heterocycles. The van der Waals surface area contributed by atoms with Gasteiger partial charge in [-0.25, -0.2) is 5.26 Å². The summed E-state index contributed by atoms with van der Waals surface area (Å²) < 4.78 is 18.7. The maximum atomic E-state index is 10.5. The maximum absolute atomic E-state index is 10.5. The summed E-state index contributed by atoms with van der Waals surface area (Å²) in [7, 11) is -2.76. The first-order valence-corrected chi connectivity index (χ1v) is 5.05. The minimum atomic E-state index is -2.76. The minimum Gasteiger partial charge on any atom is -0.304 e. The zero-order valence-electron chi connectivity index (χ0n) is 6.57. The first kappa shape index (κ1) is 10.7. The molecule has 0 aliphatic rings. The van der Waals surface area contributed by atoms with Crippen LogP contribution in [0, 0.1) is 0 Å². The van der Waals surface area contributed by atoms with Gasteiger partial charge < -0.3 is 4.52 Å². The van der Waals surface area contributed by atoms with E-state index in [-0.39, 0.29) is 6.61 Å². The number of hydrogen-bond donors (Lipinski definition) is 1. The van der Waals surface area contributed by atoms with E-state index in [0.29, 0.717) is 5.02 Å². The lowest BCUT2D eigenvalue weighted by Crippen LogP contribution is -1.85. The van der Waals surface area contributed by atoms with Gasteiger partial charge in [-0.15, -0.1) is 0 Å². The van der Waals surface area contributed by atoms with Gasteiger partial charge in [0.2, 0.25) is 0 Å². The van der Waals surface area contributed by atoms with Crippen LogP contribution in [-0.4, -0.2) is 5.26 Å². The van der Waals surface area contributed by atoms with Crippen molar-refractivity contribution in [1.29, 1.82) is 0 Å². The highest BCUT2D eigenvalue weighted by Crippen LogP contribution is 2.23. The van der Waals surface area contributed by atoms with Gasteiger partial charge in [-0.3, -0.25) is 4.57 Å². The molecule has 13 heavy (non-hydrogen) atoms. The molecule has 1 N–H and O–H groups in total. The maximum Gasteiger partial charge on any atom is 0.347 e. The molecule has 1 atom stereocenters. The smallest absolute Gasteiger partial charge is 0.304 e. The first-order valence-electron chi connectivity index (χ1n) is 3.45. The summed E-state index contributed by atoms with van der Waals surface area (Å²) in [6, 6.07) is 6.85. The van der Waals surface area contributed by atoms with Gasteiger partial charge in [0, 0.05) is 5.02 Å². The average Bonchev–Trinajstić information content (AvgIpc) is 2.16. The lowest BCUT2D eigenvalue weighted by atomic mass is 10.2. The Labute approximate surface area is 80.9 Å². The summed E-state index contributed by atoms with van der Waals surface area (Å²) in [4.78, 5) is 0. The van der Waals surface area contributed by atoms with E-state index in [1.807, 2.05) is 0 Å². The van der Waals surface area contributed by atoms with Crippen molar-refractivity contribution < 1.29 is 19.0 Å². The number of rotatable bonds is 4. The van der Waals surface area contributed by atoms with Gasteiger partial charge in [-0.2, -0.15) is 4.67 Å². The third-order valence-electron chi connectivity index (χ3n) is 1.34. The lowest BCUT2D eigenvalue weighted by molar-refractivity contribution is -0.142. The van der Waals surface area contributed by atoms with Crippen molar-refractivity contribution in [3.63, 3.8) is 0 Å². The summed E-state index contributed by atoms with van der Waals surface area (Å²) in [5.74, 6) is 0. The molecule has 1 aromatic carbocycles. The van der Waals surface area contributed by atoms with Crippen molar-refractivity contribution in [3.8, 4) is 0 Å². The summed E-state index contributed by atoms with van der Waals surface area (Å²) in [5, 5.41) is 8.56. The van der Waals surface area contributed by atoms with Gasteiger partial charge in [0.15, 0.2) is 0 Å². The Morgan fingerprint density at radius 2 is 2.00 bits per heavy atom. The fourth-order valence-corrected chi connectivity index (χ4v) is 1.21. The standard InChI is InChI=1S/C7H8ClO4P/c8-7-3-1-6(2-4-7)5-11-13(10)12-9/h1-4,9,13H,5H2. The molecule has 0 saturated heterocycles. The molecule has 0 spiro atoms. The van der Waals surface area contributed by atoms with E-state index >= 15 is 0 Å². The Morgan fingerprint density at radius 1 is 1.38 bits per heavy atom. The van der Waals surface area contributed by atoms with Crippen LogP contribution in [-0.2, 0) is 20.4 Å². The summed E-state index contributed by atoms with van der Waals surface area (Å²) in [6.45, 7) is 0.121. The Bertz CT molecular complexity index is 287. The Hall–Kier alpha value is -0.380. The van der Waals surface area contributed by atoms with E-state index < -0.39 is 8.25 Å². The quantitative estimate of drug-likeness (QED) is 0.483. The van der Waals surface area contributed by atoms with Crippen LogP contribution in [0.25, 0.3) is 0 Å². The number of halogens is 1. The van der Waals surface area contributed by atoms with Crippen LogP contribution in [0.3, 0.4) is 0 Å². The monoisotopic (exact) mass is 222 g/mol. The van der Waals surface area contributed by atoms with Crippen LogP contribution in [0.5, 0.6) is 0 Å².